The standard InChI is InChI=1S/C17H21F3N2O2/c18-17(19,20)24-13-5-1-10(2-6-13)7-8-22-16(23)14-11-3-4-12(9-11)15(14)21/h1-2,5-6,11-12,14-15H,3-4,7-9,21H2,(H,22,23). The van der Waals surface area contributed by atoms with Crippen LogP contribution in [-0.4, -0.2) is 24.9 Å². The molecule has 0 spiro atoms. The predicted octanol–water partition coefficient (Wildman–Crippen LogP) is 2.62. The van der Waals surface area contributed by atoms with Gasteiger partial charge in [0.15, 0.2) is 0 Å². The zero-order valence-electron chi connectivity index (χ0n) is 13.2. The molecule has 2 aliphatic carbocycles. The molecule has 2 aliphatic rings. The van der Waals surface area contributed by atoms with Gasteiger partial charge in [0.2, 0.25) is 5.91 Å². The first kappa shape index (κ1) is 17.1. The van der Waals surface area contributed by atoms with E-state index < -0.39 is 6.36 Å². The lowest BCUT2D eigenvalue weighted by atomic mass is 9.84. The molecule has 1 amide bonds. The van der Waals surface area contributed by atoms with Crippen molar-refractivity contribution in [2.75, 3.05) is 6.54 Å². The van der Waals surface area contributed by atoms with Gasteiger partial charge in [-0.25, -0.2) is 0 Å². The van der Waals surface area contributed by atoms with Crippen LogP contribution in [0.2, 0.25) is 0 Å². The predicted molar refractivity (Wildman–Crippen MR) is 82.1 cm³/mol. The van der Waals surface area contributed by atoms with E-state index in [-0.39, 0.29) is 23.6 Å². The van der Waals surface area contributed by atoms with Gasteiger partial charge in [0.25, 0.3) is 0 Å². The molecule has 1 aromatic rings. The Morgan fingerprint density at radius 3 is 2.46 bits per heavy atom. The molecule has 0 radical (unpaired) electrons. The average Bonchev–Trinajstić information content (AvgIpc) is 3.08. The lowest BCUT2D eigenvalue weighted by Gasteiger charge is -2.27. The van der Waals surface area contributed by atoms with E-state index in [0.717, 1.165) is 24.8 Å². The summed E-state index contributed by atoms with van der Waals surface area (Å²) in [5.41, 5.74) is 6.98. The van der Waals surface area contributed by atoms with Crippen LogP contribution in [0, 0.1) is 17.8 Å². The molecule has 0 aromatic heterocycles. The second kappa shape index (κ2) is 6.63. The van der Waals surface area contributed by atoms with Crippen molar-refractivity contribution in [1.82, 2.24) is 5.32 Å². The zero-order chi connectivity index (χ0) is 17.3. The van der Waals surface area contributed by atoms with Gasteiger partial charge < -0.3 is 15.8 Å². The molecule has 0 saturated heterocycles. The largest absolute Gasteiger partial charge is 0.573 e. The molecule has 7 heteroatoms. The van der Waals surface area contributed by atoms with Gasteiger partial charge in [-0.05, 0) is 55.2 Å². The number of hydrogen-bond acceptors (Lipinski definition) is 3. The smallest absolute Gasteiger partial charge is 0.406 e. The van der Waals surface area contributed by atoms with Crippen molar-refractivity contribution >= 4 is 5.91 Å². The summed E-state index contributed by atoms with van der Waals surface area (Å²) in [4.78, 5) is 12.3. The monoisotopic (exact) mass is 342 g/mol. The Hall–Kier alpha value is -1.76. The molecule has 3 rings (SSSR count). The fourth-order valence-corrected chi connectivity index (χ4v) is 4.03. The van der Waals surface area contributed by atoms with Gasteiger partial charge in [-0.3, -0.25) is 4.79 Å². The number of carbonyl (C=O) groups excluding carboxylic acids is 1. The molecule has 4 nitrogen and oxygen atoms in total. The first-order valence-electron chi connectivity index (χ1n) is 8.21. The molecular formula is C17H21F3N2O2. The maximum Gasteiger partial charge on any atom is 0.573 e. The van der Waals surface area contributed by atoms with Crippen LogP contribution in [0.4, 0.5) is 13.2 Å². The summed E-state index contributed by atoms with van der Waals surface area (Å²) in [6.45, 7) is 0.443. The Bertz CT molecular complexity index is 586. The minimum atomic E-state index is -4.69. The van der Waals surface area contributed by atoms with Crippen molar-refractivity contribution < 1.29 is 22.7 Å². The van der Waals surface area contributed by atoms with E-state index in [4.69, 9.17) is 5.73 Å². The highest BCUT2D eigenvalue weighted by molar-refractivity contribution is 5.80. The first-order valence-corrected chi connectivity index (χ1v) is 8.21. The third kappa shape index (κ3) is 3.83. The second-order valence-electron chi connectivity index (χ2n) is 6.67. The molecule has 0 aliphatic heterocycles. The fraction of sp³-hybridized carbons (Fsp3) is 0.588. The maximum atomic E-state index is 12.3. The van der Waals surface area contributed by atoms with E-state index in [0.29, 0.717) is 24.8 Å². The Morgan fingerprint density at radius 1 is 1.21 bits per heavy atom. The van der Waals surface area contributed by atoms with Gasteiger partial charge in [0, 0.05) is 12.6 Å². The van der Waals surface area contributed by atoms with Crippen LogP contribution in [-0.2, 0) is 11.2 Å². The molecule has 4 unspecified atom stereocenters. The topological polar surface area (TPSA) is 64.4 Å². The van der Waals surface area contributed by atoms with E-state index in [1.54, 1.807) is 12.1 Å². The van der Waals surface area contributed by atoms with Crippen molar-refractivity contribution in [2.24, 2.45) is 23.5 Å². The van der Waals surface area contributed by atoms with E-state index in [1.807, 2.05) is 0 Å². The summed E-state index contributed by atoms with van der Waals surface area (Å²) < 4.78 is 40.1. The number of rotatable bonds is 5. The minimum Gasteiger partial charge on any atom is -0.406 e. The summed E-state index contributed by atoms with van der Waals surface area (Å²) in [5, 5.41) is 2.91. The quantitative estimate of drug-likeness (QED) is 0.865. The SMILES string of the molecule is NC1C2CCC(C2)C1C(=O)NCCc1ccc(OC(F)(F)F)cc1. The molecule has 24 heavy (non-hydrogen) atoms. The first-order chi connectivity index (χ1) is 11.3. The number of ether oxygens (including phenoxy) is 1. The lowest BCUT2D eigenvalue weighted by molar-refractivity contribution is -0.274. The van der Waals surface area contributed by atoms with Crippen LogP contribution in [0.1, 0.15) is 24.8 Å². The van der Waals surface area contributed by atoms with Gasteiger partial charge in [0.05, 0.1) is 5.92 Å². The van der Waals surface area contributed by atoms with Gasteiger partial charge in [-0.1, -0.05) is 12.1 Å². The maximum absolute atomic E-state index is 12.3. The number of amides is 1. The molecule has 2 saturated carbocycles. The highest BCUT2D eigenvalue weighted by Crippen LogP contribution is 2.47. The molecule has 132 valence electrons. The molecule has 0 heterocycles. The lowest BCUT2D eigenvalue weighted by Crippen LogP contribution is -2.45. The van der Waals surface area contributed by atoms with Crippen molar-refractivity contribution in [3.05, 3.63) is 29.8 Å². The highest BCUT2D eigenvalue weighted by Gasteiger charge is 2.48. The van der Waals surface area contributed by atoms with Gasteiger partial charge in [-0.15, -0.1) is 13.2 Å². The summed E-state index contributed by atoms with van der Waals surface area (Å²) in [7, 11) is 0. The number of halogens is 3. The summed E-state index contributed by atoms with van der Waals surface area (Å²) in [6.07, 6.45) is -0.873. The number of nitrogens with two attached hydrogens (primary N) is 1. The van der Waals surface area contributed by atoms with Crippen molar-refractivity contribution in [2.45, 2.75) is 38.1 Å². The third-order valence-corrected chi connectivity index (χ3v) is 5.15. The normalized spacial score (nSPS) is 28.8. The van der Waals surface area contributed by atoms with Crippen LogP contribution in [0.15, 0.2) is 24.3 Å². The van der Waals surface area contributed by atoms with Crippen LogP contribution in [0.5, 0.6) is 5.75 Å². The molecule has 4 atom stereocenters. The number of nitrogens with one attached hydrogen (secondary N) is 1. The number of fused-ring (bicyclic) bond motifs is 2. The zero-order valence-corrected chi connectivity index (χ0v) is 13.2. The van der Waals surface area contributed by atoms with Crippen molar-refractivity contribution in [1.29, 1.82) is 0 Å². The van der Waals surface area contributed by atoms with Crippen LogP contribution >= 0.6 is 0 Å². The average molecular weight is 342 g/mol. The second-order valence-corrected chi connectivity index (χ2v) is 6.67. The van der Waals surface area contributed by atoms with Gasteiger partial charge in [-0.2, -0.15) is 0 Å². The molecule has 3 N–H and O–H groups in total. The Labute approximate surface area is 138 Å². The van der Waals surface area contributed by atoms with Crippen molar-refractivity contribution in [3.63, 3.8) is 0 Å². The number of benzene rings is 1. The van der Waals surface area contributed by atoms with Crippen LogP contribution < -0.4 is 15.8 Å². The molecule has 2 bridgehead atoms. The molecule has 2 fully saturated rings. The summed E-state index contributed by atoms with van der Waals surface area (Å²) in [6, 6.07) is 5.64. The van der Waals surface area contributed by atoms with E-state index >= 15 is 0 Å². The summed E-state index contributed by atoms with van der Waals surface area (Å²) >= 11 is 0. The van der Waals surface area contributed by atoms with Crippen LogP contribution in [0.25, 0.3) is 0 Å². The van der Waals surface area contributed by atoms with E-state index in [2.05, 4.69) is 10.1 Å². The van der Waals surface area contributed by atoms with Gasteiger partial charge in [0.1, 0.15) is 5.75 Å². The van der Waals surface area contributed by atoms with Crippen LogP contribution in [0.3, 0.4) is 0 Å². The van der Waals surface area contributed by atoms with E-state index in [1.165, 1.54) is 12.1 Å². The van der Waals surface area contributed by atoms with E-state index in [9.17, 15) is 18.0 Å². The fourth-order valence-electron chi connectivity index (χ4n) is 4.03. The minimum absolute atomic E-state index is 0.00623. The van der Waals surface area contributed by atoms with Crippen molar-refractivity contribution in [3.8, 4) is 5.75 Å². The Balaban J connectivity index is 1.45. The third-order valence-electron chi connectivity index (χ3n) is 5.15. The highest BCUT2D eigenvalue weighted by atomic mass is 19.4. The Kier molecular flexibility index (Phi) is 4.71. The number of hydrogen-bond donors (Lipinski definition) is 2. The number of alkyl halides is 3. The summed E-state index contributed by atoms with van der Waals surface area (Å²) in [5.74, 6) is 0.553. The molecule has 1 aromatic carbocycles. The molecular weight excluding hydrogens is 321 g/mol. The van der Waals surface area contributed by atoms with Gasteiger partial charge >= 0.3 is 6.36 Å². The number of carbonyl (C=O) groups is 1. The Morgan fingerprint density at radius 2 is 1.88 bits per heavy atom.